The summed E-state index contributed by atoms with van der Waals surface area (Å²) in [6.07, 6.45) is 5.95. The number of hydrogen-bond donors (Lipinski definition) is 1. The molecule has 20 heavy (non-hydrogen) atoms. The van der Waals surface area contributed by atoms with Gasteiger partial charge < -0.3 is 10.1 Å². The molecule has 2 heteroatoms. The predicted molar refractivity (Wildman–Crippen MR) is 88.0 cm³/mol. The van der Waals surface area contributed by atoms with E-state index in [4.69, 9.17) is 4.74 Å². The molecular weight excluding hydrogens is 246 g/mol. The lowest BCUT2D eigenvalue weighted by Gasteiger charge is -2.39. The molecule has 1 N–H and O–H groups in total. The molecule has 1 aliphatic carbocycles. The van der Waals surface area contributed by atoms with Gasteiger partial charge >= 0.3 is 0 Å². The summed E-state index contributed by atoms with van der Waals surface area (Å²) in [5.41, 5.74) is 0. The van der Waals surface area contributed by atoms with Crippen LogP contribution in [0, 0.1) is 23.7 Å². The summed E-state index contributed by atoms with van der Waals surface area (Å²) in [5, 5.41) is 3.56. The van der Waals surface area contributed by atoms with Crippen LogP contribution in [0.3, 0.4) is 0 Å². The summed E-state index contributed by atoms with van der Waals surface area (Å²) < 4.78 is 6.50. The maximum Gasteiger partial charge on any atom is 0.0700 e. The van der Waals surface area contributed by atoms with E-state index in [0.717, 1.165) is 37.3 Å². The Balaban J connectivity index is 2.47. The molecule has 0 heterocycles. The largest absolute Gasteiger partial charge is 0.373 e. The van der Waals surface area contributed by atoms with Crippen LogP contribution >= 0.6 is 0 Å². The van der Waals surface area contributed by atoms with Gasteiger partial charge in [-0.2, -0.15) is 0 Å². The third kappa shape index (κ3) is 6.13. The van der Waals surface area contributed by atoms with E-state index in [1.807, 2.05) is 0 Å². The Morgan fingerprint density at radius 2 is 1.80 bits per heavy atom. The SMILES string of the molecule is CCC(CNCC(C)C)OC1CC(C)CCC1C(C)C. The van der Waals surface area contributed by atoms with Crippen LogP contribution < -0.4 is 5.32 Å². The average Bonchev–Trinajstić information content (AvgIpc) is 2.36. The van der Waals surface area contributed by atoms with E-state index in [2.05, 4.69) is 46.9 Å². The van der Waals surface area contributed by atoms with Gasteiger partial charge in [0.1, 0.15) is 0 Å². The van der Waals surface area contributed by atoms with Crippen molar-refractivity contribution in [3.63, 3.8) is 0 Å². The molecule has 0 bridgehead atoms. The Kier molecular flexibility index (Phi) is 8.13. The highest BCUT2D eigenvalue weighted by atomic mass is 16.5. The van der Waals surface area contributed by atoms with Gasteiger partial charge in [-0.15, -0.1) is 0 Å². The summed E-state index contributed by atoms with van der Waals surface area (Å²) in [6.45, 7) is 15.9. The highest BCUT2D eigenvalue weighted by Gasteiger charge is 2.32. The molecular formula is C18H37NO. The van der Waals surface area contributed by atoms with E-state index in [9.17, 15) is 0 Å². The van der Waals surface area contributed by atoms with E-state index in [0.29, 0.717) is 18.1 Å². The lowest BCUT2D eigenvalue weighted by Crippen LogP contribution is -2.40. The minimum atomic E-state index is 0.380. The molecule has 0 aliphatic heterocycles. The van der Waals surface area contributed by atoms with E-state index >= 15 is 0 Å². The zero-order valence-corrected chi connectivity index (χ0v) is 14.6. The molecule has 120 valence electrons. The smallest absolute Gasteiger partial charge is 0.0700 e. The number of rotatable bonds is 8. The molecule has 1 rings (SSSR count). The number of ether oxygens (including phenoxy) is 1. The lowest BCUT2D eigenvalue weighted by atomic mass is 9.75. The van der Waals surface area contributed by atoms with Gasteiger partial charge in [0.15, 0.2) is 0 Å². The van der Waals surface area contributed by atoms with Crippen molar-refractivity contribution < 1.29 is 4.74 Å². The van der Waals surface area contributed by atoms with Gasteiger partial charge in [0, 0.05) is 6.54 Å². The van der Waals surface area contributed by atoms with Crippen LogP contribution in [0.5, 0.6) is 0 Å². The molecule has 0 aromatic rings. The molecule has 0 amide bonds. The summed E-state index contributed by atoms with van der Waals surface area (Å²) in [7, 11) is 0. The van der Waals surface area contributed by atoms with E-state index in [1.54, 1.807) is 0 Å². The summed E-state index contributed by atoms with van der Waals surface area (Å²) in [6, 6.07) is 0. The maximum atomic E-state index is 6.50. The first-order chi connectivity index (χ1) is 9.43. The molecule has 4 atom stereocenters. The van der Waals surface area contributed by atoms with Crippen LogP contribution in [-0.4, -0.2) is 25.3 Å². The summed E-state index contributed by atoms with van der Waals surface area (Å²) >= 11 is 0. The molecule has 2 nitrogen and oxygen atoms in total. The second-order valence-electron chi connectivity index (χ2n) is 7.58. The molecule has 0 aromatic carbocycles. The predicted octanol–water partition coefficient (Wildman–Crippen LogP) is 4.49. The quantitative estimate of drug-likeness (QED) is 0.709. The fourth-order valence-electron chi connectivity index (χ4n) is 3.34. The second kappa shape index (κ2) is 9.04. The van der Waals surface area contributed by atoms with Crippen molar-refractivity contribution >= 4 is 0 Å². The zero-order chi connectivity index (χ0) is 15.1. The van der Waals surface area contributed by atoms with Gasteiger partial charge in [0.2, 0.25) is 0 Å². The van der Waals surface area contributed by atoms with Gasteiger partial charge in [-0.3, -0.25) is 0 Å². The number of nitrogens with one attached hydrogen (secondary N) is 1. The van der Waals surface area contributed by atoms with Crippen molar-refractivity contribution in [2.75, 3.05) is 13.1 Å². The van der Waals surface area contributed by atoms with Crippen LogP contribution in [-0.2, 0) is 4.74 Å². The Morgan fingerprint density at radius 3 is 2.35 bits per heavy atom. The van der Waals surface area contributed by atoms with Crippen LogP contribution in [0.25, 0.3) is 0 Å². The first-order valence-electron chi connectivity index (χ1n) is 8.80. The van der Waals surface area contributed by atoms with Crippen molar-refractivity contribution in [1.82, 2.24) is 5.32 Å². The van der Waals surface area contributed by atoms with Crippen molar-refractivity contribution in [3.05, 3.63) is 0 Å². The minimum Gasteiger partial charge on any atom is -0.373 e. The van der Waals surface area contributed by atoms with Crippen molar-refractivity contribution in [1.29, 1.82) is 0 Å². The third-order valence-electron chi connectivity index (χ3n) is 4.71. The van der Waals surface area contributed by atoms with Crippen LogP contribution in [0.2, 0.25) is 0 Å². The third-order valence-corrected chi connectivity index (χ3v) is 4.71. The molecule has 1 aliphatic rings. The second-order valence-corrected chi connectivity index (χ2v) is 7.58. The van der Waals surface area contributed by atoms with E-state index in [1.165, 1.54) is 19.3 Å². The molecule has 0 spiro atoms. The molecule has 1 saturated carbocycles. The summed E-state index contributed by atoms with van der Waals surface area (Å²) in [4.78, 5) is 0. The van der Waals surface area contributed by atoms with Crippen molar-refractivity contribution in [2.24, 2.45) is 23.7 Å². The van der Waals surface area contributed by atoms with Gasteiger partial charge in [0.05, 0.1) is 12.2 Å². The van der Waals surface area contributed by atoms with Crippen molar-refractivity contribution in [3.8, 4) is 0 Å². The van der Waals surface area contributed by atoms with E-state index < -0.39 is 0 Å². The molecule has 1 fully saturated rings. The average molecular weight is 284 g/mol. The first-order valence-corrected chi connectivity index (χ1v) is 8.80. The van der Waals surface area contributed by atoms with Gasteiger partial charge in [-0.1, -0.05) is 48.0 Å². The van der Waals surface area contributed by atoms with Crippen LogP contribution in [0.1, 0.15) is 67.2 Å². The van der Waals surface area contributed by atoms with Gasteiger partial charge in [-0.25, -0.2) is 0 Å². The topological polar surface area (TPSA) is 21.3 Å². The molecule has 4 unspecified atom stereocenters. The standard InChI is InChI=1S/C18H37NO/c1-7-16(12-19-11-13(2)3)20-18-10-15(6)8-9-17(18)14(4)5/h13-19H,7-12H2,1-6H3. The zero-order valence-electron chi connectivity index (χ0n) is 14.6. The normalized spacial score (nSPS) is 29.1. The highest BCUT2D eigenvalue weighted by Crippen LogP contribution is 2.36. The van der Waals surface area contributed by atoms with Crippen molar-refractivity contribution in [2.45, 2.75) is 79.4 Å². The maximum absolute atomic E-state index is 6.50. The van der Waals surface area contributed by atoms with Gasteiger partial charge in [0.25, 0.3) is 0 Å². The highest BCUT2D eigenvalue weighted by molar-refractivity contribution is 4.82. The first kappa shape index (κ1) is 18.0. The Hall–Kier alpha value is -0.0800. The minimum absolute atomic E-state index is 0.380. The monoisotopic (exact) mass is 283 g/mol. The van der Waals surface area contributed by atoms with E-state index in [-0.39, 0.29) is 0 Å². The lowest BCUT2D eigenvalue weighted by molar-refractivity contribution is -0.0801. The van der Waals surface area contributed by atoms with Crippen LogP contribution in [0.15, 0.2) is 0 Å². The Morgan fingerprint density at radius 1 is 1.10 bits per heavy atom. The summed E-state index contributed by atoms with van der Waals surface area (Å²) in [5.74, 6) is 3.04. The molecule has 0 aromatic heterocycles. The Labute approximate surface area is 127 Å². The molecule has 0 saturated heterocycles. The Bertz CT molecular complexity index is 252. The fraction of sp³-hybridized carbons (Fsp3) is 1.00. The number of hydrogen-bond acceptors (Lipinski definition) is 2. The van der Waals surface area contributed by atoms with Crippen LogP contribution in [0.4, 0.5) is 0 Å². The fourth-order valence-corrected chi connectivity index (χ4v) is 3.34. The molecule has 0 radical (unpaired) electrons. The van der Waals surface area contributed by atoms with Gasteiger partial charge in [-0.05, 0) is 49.5 Å².